The molecule has 0 unspecified atom stereocenters. The molecule has 3 heteroatoms. The van der Waals surface area contributed by atoms with Crippen LogP contribution in [-0.4, -0.2) is 30.4 Å². The van der Waals surface area contributed by atoms with E-state index < -0.39 is 0 Å². The van der Waals surface area contributed by atoms with Gasteiger partial charge in [0.15, 0.2) is 0 Å². The van der Waals surface area contributed by atoms with Gasteiger partial charge in [-0.15, -0.1) is 0 Å². The average Bonchev–Trinajstić information content (AvgIpc) is 2.65. The Bertz CT molecular complexity index is 658. The van der Waals surface area contributed by atoms with Crippen LogP contribution in [0.3, 0.4) is 0 Å². The van der Waals surface area contributed by atoms with Crippen molar-refractivity contribution >= 4 is 5.91 Å². The van der Waals surface area contributed by atoms with Crippen molar-refractivity contribution in [2.24, 2.45) is 5.92 Å². The van der Waals surface area contributed by atoms with Gasteiger partial charge in [0, 0.05) is 18.7 Å². The molecule has 3 rings (SSSR count). The summed E-state index contributed by atoms with van der Waals surface area (Å²) in [6, 6.07) is 18.3. The van der Waals surface area contributed by atoms with Crippen LogP contribution >= 0.6 is 0 Å². The Balaban J connectivity index is 1.45. The number of nitrogens with zero attached hydrogens (tertiary/aromatic N) is 1. The highest BCUT2D eigenvalue weighted by atomic mass is 16.1. The molecular weight excluding hydrogens is 308 g/mol. The summed E-state index contributed by atoms with van der Waals surface area (Å²) in [5.41, 5.74) is 3.27. The highest BCUT2D eigenvalue weighted by molar-refractivity contribution is 5.94. The van der Waals surface area contributed by atoms with Crippen LogP contribution < -0.4 is 5.32 Å². The van der Waals surface area contributed by atoms with Gasteiger partial charge in [-0.1, -0.05) is 49.4 Å². The van der Waals surface area contributed by atoms with E-state index in [9.17, 15) is 4.79 Å². The van der Waals surface area contributed by atoms with E-state index >= 15 is 0 Å². The molecule has 1 fully saturated rings. The number of carbonyl (C=O) groups is 1. The molecule has 0 atom stereocenters. The van der Waals surface area contributed by atoms with Crippen LogP contribution in [0.1, 0.15) is 41.3 Å². The van der Waals surface area contributed by atoms with E-state index in [1.54, 1.807) is 0 Å². The molecule has 0 radical (unpaired) electrons. The van der Waals surface area contributed by atoms with Crippen LogP contribution in [0.5, 0.6) is 0 Å². The first-order valence-corrected chi connectivity index (χ1v) is 9.34. The van der Waals surface area contributed by atoms with Crippen LogP contribution in [0.4, 0.5) is 0 Å². The number of amides is 1. The number of likely N-dealkylation sites (tertiary alicyclic amines) is 1. The van der Waals surface area contributed by atoms with Gasteiger partial charge in [-0.05, 0) is 61.5 Å². The standard InChI is InChI=1S/C22H28N2O/c1-18-12-15-24(16-13-18)17-20-7-9-21(10-8-20)22(25)23-14-11-19-5-3-2-4-6-19/h2-10,18H,11-17H2,1H3,(H,23,25). The minimum absolute atomic E-state index is 0.00859. The molecule has 0 bridgehead atoms. The lowest BCUT2D eigenvalue weighted by Gasteiger charge is -2.30. The zero-order valence-electron chi connectivity index (χ0n) is 15.1. The monoisotopic (exact) mass is 336 g/mol. The first-order chi connectivity index (χ1) is 12.2. The van der Waals surface area contributed by atoms with E-state index in [0.717, 1.165) is 24.4 Å². The fraction of sp³-hybridized carbons (Fsp3) is 0.409. The van der Waals surface area contributed by atoms with Gasteiger partial charge in [-0.3, -0.25) is 9.69 Å². The molecule has 132 valence electrons. The summed E-state index contributed by atoms with van der Waals surface area (Å²) in [4.78, 5) is 14.8. The second-order valence-electron chi connectivity index (χ2n) is 7.15. The Kier molecular flexibility index (Phi) is 6.24. The van der Waals surface area contributed by atoms with Gasteiger partial charge in [0.25, 0.3) is 5.91 Å². The predicted molar refractivity (Wildman–Crippen MR) is 103 cm³/mol. The van der Waals surface area contributed by atoms with Crippen LogP contribution in [0, 0.1) is 5.92 Å². The van der Waals surface area contributed by atoms with Crippen molar-refractivity contribution in [3.05, 3.63) is 71.3 Å². The predicted octanol–water partition coefficient (Wildman–Crippen LogP) is 3.89. The van der Waals surface area contributed by atoms with Gasteiger partial charge in [0.05, 0.1) is 0 Å². The fourth-order valence-corrected chi connectivity index (χ4v) is 3.31. The third-order valence-corrected chi connectivity index (χ3v) is 5.04. The second kappa shape index (κ2) is 8.82. The molecule has 3 nitrogen and oxygen atoms in total. The number of benzene rings is 2. The van der Waals surface area contributed by atoms with Crippen molar-refractivity contribution < 1.29 is 4.79 Å². The van der Waals surface area contributed by atoms with Crippen LogP contribution in [0.2, 0.25) is 0 Å². The molecule has 1 aliphatic heterocycles. The van der Waals surface area contributed by atoms with E-state index in [-0.39, 0.29) is 5.91 Å². The van der Waals surface area contributed by atoms with Gasteiger partial charge in [0.2, 0.25) is 0 Å². The van der Waals surface area contributed by atoms with E-state index in [1.165, 1.54) is 37.1 Å². The summed E-state index contributed by atoms with van der Waals surface area (Å²) >= 11 is 0. The summed E-state index contributed by atoms with van der Waals surface area (Å²) in [6.45, 7) is 6.35. The summed E-state index contributed by atoms with van der Waals surface area (Å²) in [5, 5.41) is 3.00. The van der Waals surface area contributed by atoms with E-state index in [2.05, 4.69) is 41.4 Å². The third kappa shape index (κ3) is 5.43. The van der Waals surface area contributed by atoms with Crippen molar-refractivity contribution in [2.45, 2.75) is 32.7 Å². The van der Waals surface area contributed by atoms with E-state index in [0.29, 0.717) is 6.54 Å². The van der Waals surface area contributed by atoms with Crippen molar-refractivity contribution in [2.75, 3.05) is 19.6 Å². The highest BCUT2D eigenvalue weighted by Crippen LogP contribution is 2.18. The van der Waals surface area contributed by atoms with Gasteiger partial charge in [0.1, 0.15) is 0 Å². The normalized spacial score (nSPS) is 15.9. The molecule has 0 aromatic heterocycles. The molecule has 1 saturated heterocycles. The summed E-state index contributed by atoms with van der Waals surface area (Å²) in [7, 11) is 0. The molecule has 0 spiro atoms. The Morgan fingerprint density at radius 3 is 2.36 bits per heavy atom. The zero-order valence-corrected chi connectivity index (χ0v) is 15.1. The number of carbonyl (C=O) groups excluding carboxylic acids is 1. The molecule has 0 aliphatic carbocycles. The number of hydrogen-bond donors (Lipinski definition) is 1. The van der Waals surface area contributed by atoms with Gasteiger partial charge in [-0.2, -0.15) is 0 Å². The SMILES string of the molecule is CC1CCN(Cc2ccc(C(=O)NCCc3ccccc3)cc2)CC1. The lowest BCUT2D eigenvalue weighted by Crippen LogP contribution is -2.32. The van der Waals surface area contributed by atoms with Crippen molar-refractivity contribution in [1.29, 1.82) is 0 Å². The number of hydrogen-bond acceptors (Lipinski definition) is 2. The minimum atomic E-state index is 0.00859. The molecule has 1 heterocycles. The molecule has 1 N–H and O–H groups in total. The fourth-order valence-electron chi connectivity index (χ4n) is 3.31. The molecule has 1 aliphatic rings. The number of nitrogens with one attached hydrogen (secondary N) is 1. The third-order valence-electron chi connectivity index (χ3n) is 5.04. The topological polar surface area (TPSA) is 32.3 Å². The molecule has 2 aromatic carbocycles. The Hall–Kier alpha value is -2.13. The zero-order chi connectivity index (χ0) is 17.5. The van der Waals surface area contributed by atoms with Crippen LogP contribution in [-0.2, 0) is 13.0 Å². The lowest BCUT2D eigenvalue weighted by molar-refractivity contribution is 0.0954. The minimum Gasteiger partial charge on any atom is -0.352 e. The van der Waals surface area contributed by atoms with Gasteiger partial charge >= 0.3 is 0 Å². The van der Waals surface area contributed by atoms with Crippen molar-refractivity contribution in [3.63, 3.8) is 0 Å². The average molecular weight is 336 g/mol. The van der Waals surface area contributed by atoms with Gasteiger partial charge in [-0.25, -0.2) is 0 Å². The molecule has 25 heavy (non-hydrogen) atoms. The maximum Gasteiger partial charge on any atom is 0.251 e. The largest absolute Gasteiger partial charge is 0.352 e. The summed E-state index contributed by atoms with van der Waals surface area (Å²) in [6.07, 6.45) is 3.45. The maximum absolute atomic E-state index is 12.3. The Labute approximate surface area is 151 Å². The summed E-state index contributed by atoms with van der Waals surface area (Å²) in [5.74, 6) is 0.868. The second-order valence-corrected chi connectivity index (χ2v) is 7.15. The molecule has 2 aromatic rings. The molecule has 0 saturated carbocycles. The smallest absolute Gasteiger partial charge is 0.251 e. The van der Waals surface area contributed by atoms with E-state index in [1.807, 2.05) is 30.3 Å². The van der Waals surface area contributed by atoms with Crippen LogP contribution in [0.15, 0.2) is 54.6 Å². The molecule has 1 amide bonds. The number of rotatable bonds is 6. The molecular formula is C22H28N2O. The van der Waals surface area contributed by atoms with Crippen molar-refractivity contribution in [3.8, 4) is 0 Å². The van der Waals surface area contributed by atoms with Gasteiger partial charge < -0.3 is 5.32 Å². The lowest BCUT2D eigenvalue weighted by atomic mass is 9.99. The summed E-state index contributed by atoms with van der Waals surface area (Å²) < 4.78 is 0. The van der Waals surface area contributed by atoms with Crippen LogP contribution in [0.25, 0.3) is 0 Å². The number of piperidine rings is 1. The van der Waals surface area contributed by atoms with E-state index in [4.69, 9.17) is 0 Å². The maximum atomic E-state index is 12.3. The first-order valence-electron chi connectivity index (χ1n) is 9.34. The Morgan fingerprint density at radius 2 is 1.68 bits per heavy atom. The first kappa shape index (κ1) is 17.7. The quantitative estimate of drug-likeness (QED) is 0.868. The Morgan fingerprint density at radius 1 is 1.00 bits per heavy atom. The highest BCUT2D eigenvalue weighted by Gasteiger charge is 2.15. The van der Waals surface area contributed by atoms with Crippen molar-refractivity contribution in [1.82, 2.24) is 10.2 Å².